The van der Waals surface area contributed by atoms with Crippen LogP contribution in [0.3, 0.4) is 0 Å². The van der Waals surface area contributed by atoms with Gasteiger partial charge in [-0.05, 0) is 44.0 Å². The monoisotopic (exact) mass is 589 g/mol. The van der Waals surface area contributed by atoms with Crippen molar-refractivity contribution in [3.63, 3.8) is 0 Å². The van der Waals surface area contributed by atoms with Gasteiger partial charge in [0.1, 0.15) is 12.6 Å². The highest BCUT2D eigenvalue weighted by Crippen LogP contribution is 2.34. The zero-order valence-corrected chi connectivity index (χ0v) is 24.7. The minimum atomic E-state index is -3.95. The summed E-state index contributed by atoms with van der Waals surface area (Å²) < 4.78 is 26.7. The number of aryl methyl sites for hydroxylation is 1. The fraction of sp³-hybridized carbons (Fsp3) is 0.310. The molecule has 0 saturated carbocycles. The van der Waals surface area contributed by atoms with Crippen LogP contribution in [0.1, 0.15) is 30.5 Å². The first-order valence-electron chi connectivity index (χ1n) is 12.5. The van der Waals surface area contributed by atoms with Gasteiger partial charge in [0, 0.05) is 19.0 Å². The highest BCUT2D eigenvalue weighted by atomic mass is 35.5. The number of nitrogens with zero attached hydrogens (tertiary/aromatic N) is 2. The second kappa shape index (κ2) is 13.3. The Labute approximate surface area is 240 Å². The van der Waals surface area contributed by atoms with Crippen molar-refractivity contribution in [3.05, 3.63) is 99.5 Å². The van der Waals surface area contributed by atoms with Crippen molar-refractivity contribution in [1.29, 1.82) is 0 Å². The van der Waals surface area contributed by atoms with Crippen molar-refractivity contribution >= 4 is 50.7 Å². The second-order valence-corrected chi connectivity index (χ2v) is 12.4. The smallest absolute Gasteiger partial charge is 0.244 e. The van der Waals surface area contributed by atoms with Crippen LogP contribution in [0.4, 0.5) is 5.69 Å². The molecule has 0 fully saturated rings. The van der Waals surface area contributed by atoms with Crippen LogP contribution in [-0.4, -0.2) is 50.0 Å². The average molecular weight is 591 g/mol. The Morgan fingerprint density at radius 3 is 2.18 bits per heavy atom. The molecule has 1 atom stereocenters. The van der Waals surface area contributed by atoms with E-state index in [4.69, 9.17) is 23.2 Å². The third kappa shape index (κ3) is 8.46. The van der Waals surface area contributed by atoms with Crippen LogP contribution in [0.2, 0.25) is 10.0 Å². The Bertz CT molecular complexity index is 1420. The van der Waals surface area contributed by atoms with Crippen LogP contribution in [-0.2, 0) is 32.6 Å². The SMILES string of the molecule is Cc1cccc(CN(C(=O)CN(c2cccc(Cl)c2Cl)S(C)(=O)=O)C(Cc2ccccc2)C(=O)NC(C)C)c1. The molecule has 0 radical (unpaired) electrons. The Hall–Kier alpha value is -3.07. The fourth-order valence-corrected chi connectivity index (χ4v) is 5.52. The molecule has 2 amide bonds. The summed E-state index contributed by atoms with van der Waals surface area (Å²) in [5, 5.41) is 3.10. The maximum Gasteiger partial charge on any atom is 0.244 e. The fourth-order valence-electron chi connectivity index (χ4n) is 4.22. The molecule has 10 heteroatoms. The lowest BCUT2D eigenvalue weighted by atomic mass is 10.0. The lowest BCUT2D eigenvalue weighted by Gasteiger charge is -2.34. The summed E-state index contributed by atoms with van der Waals surface area (Å²) in [5.74, 6) is -0.889. The molecule has 3 aromatic carbocycles. The van der Waals surface area contributed by atoms with Crippen molar-refractivity contribution < 1.29 is 18.0 Å². The van der Waals surface area contributed by atoms with Gasteiger partial charge >= 0.3 is 0 Å². The number of hydrogen-bond acceptors (Lipinski definition) is 4. The van der Waals surface area contributed by atoms with Gasteiger partial charge in [0.25, 0.3) is 0 Å². The first kappa shape index (κ1) is 30.5. The van der Waals surface area contributed by atoms with Crippen molar-refractivity contribution in [2.24, 2.45) is 0 Å². The Kier molecular flexibility index (Phi) is 10.4. The summed E-state index contributed by atoms with van der Waals surface area (Å²) in [6, 6.07) is 20.5. The first-order valence-corrected chi connectivity index (χ1v) is 15.1. The number of rotatable bonds is 11. The number of halogens is 2. The van der Waals surface area contributed by atoms with E-state index in [0.717, 1.165) is 27.3 Å². The number of benzene rings is 3. The molecule has 0 spiro atoms. The number of anilines is 1. The third-order valence-electron chi connectivity index (χ3n) is 6.02. The van der Waals surface area contributed by atoms with E-state index in [1.165, 1.54) is 17.0 Å². The predicted molar refractivity (Wildman–Crippen MR) is 158 cm³/mol. The largest absolute Gasteiger partial charge is 0.352 e. The van der Waals surface area contributed by atoms with Gasteiger partial charge in [-0.3, -0.25) is 13.9 Å². The summed E-state index contributed by atoms with van der Waals surface area (Å²) in [6.45, 7) is 5.16. The second-order valence-electron chi connectivity index (χ2n) is 9.72. The van der Waals surface area contributed by atoms with E-state index in [2.05, 4.69) is 5.32 Å². The number of amides is 2. The van der Waals surface area contributed by atoms with Crippen molar-refractivity contribution in [3.8, 4) is 0 Å². The molecule has 3 rings (SSSR count). The van der Waals surface area contributed by atoms with Gasteiger partial charge in [0.05, 0.1) is 22.0 Å². The first-order chi connectivity index (χ1) is 18.4. The van der Waals surface area contributed by atoms with Gasteiger partial charge in [-0.2, -0.15) is 0 Å². The molecule has 0 bridgehead atoms. The zero-order valence-electron chi connectivity index (χ0n) is 22.4. The average Bonchev–Trinajstić information content (AvgIpc) is 2.86. The molecular formula is C29H33Cl2N3O4S. The van der Waals surface area contributed by atoms with Crippen LogP contribution in [0.15, 0.2) is 72.8 Å². The van der Waals surface area contributed by atoms with E-state index in [0.29, 0.717) is 0 Å². The van der Waals surface area contributed by atoms with E-state index in [-0.39, 0.29) is 40.6 Å². The van der Waals surface area contributed by atoms with E-state index < -0.39 is 28.5 Å². The van der Waals surface area contributed by atoms with Crippen LogP contribution in [0, 0.1) is 6.92 Å². The Morgan fingerprint density at radius 1 is 0.923 bits per heavy atom. The van der Waals surface area contributed by atoms with E-state index in [1.807, 2.05) is 75.4 Å². The molecule has 0 aliphatic heterocycles. The van der Waals surface area contributed by atoms with Gasteiger partial charge < -0.3 is 10.2 Å². The van der Waals surface area contributed by atoms with Crippen molar-refractivity contribution in [1.82, 2.24) is 10.2 Å². The lowest BCUT2D eigenvalue weighted by Crippen LogP contribution is -2.54. The molecule has 0 aliphatic carbocycles. The molecule has 0 aromatic heterocycles. The Morgan fingerprint density at radius 2 is 1.56 bits per heavy atom. The molecule has 39 heavy (non-hydrogen) atoms. The minimum Gasteiger partial charge on any atom is -0.352 e. The number of carbonyl (C=O) groups excluding carboxylic acids is 2. The lowest BCUT2D eigenvalue weighted by molar-refractivity contribution is -0.140. The van der Waals surface area contributed by atoms with Crippen molar-refractivity contribution in [2.45, 2.75) is 45.8 Å². The molecule has 3 aromatic rings. The summed E-state index contributed by atoms with van der Waals surface area (Å²) in [5.41, 5.74) is 2.75. The number of carbonyl (C=O) groups is 2. The summed E-state index contributed by atoms with van der Waals surface area (Å²) in [4.78, 5) is 29.0. The van der Waals surface area contributed by atoms with E-state index in [9.17, 15) is 18.0 Å². The summed E-state index contributed by atoms with van der Waals surface area (Å²) in [7, 11) is -3.95. The predicted octanol–water partition coefficient (Wildman–Crippen LogP) is 5.23. The molecule has 0 heterocycles. The number of hydrogen-bond donors (Lipinski definition) is 1. The van der Waals surface area contributed by atoms with Gasteiger partial charge in [-0.15, -0.1) is 0 Å². The van der Waals surface area contributed by atoms with Gasteiger partial charge in [0.15, 0.2) is 0 Å². The van der Waals surface area contributed by atoms with Gasteiger partial charge in [0.2, 0.25) is 21.8 Å². The topological polar surface area (TPSA) is 86.8 Å². The number of nitrogens with one attached hydrogen (secondary N) is 1. The highest BCUT2D eigenvalue weighted by molar-refractivity contribution is 7.92. The molecule has 1 N–H and O–H groups in total. The molecule has 208 valence electrons. The molecular weight excluding hydrogens is 557 g/mol. The Balaban J connectivity index is 2.08. The normalized spacial score (nSPS) is 12.2. The van der Waals surface area contributed by atoms with E-state index >= 15 is 0 Å². The summed E-state index contributed by atoms with van der Waals surface area (Å²) in [6.07, 6.45) is 1.24. The molecule has 7 nitrogen and oxygen atoms in total. The van der Waals surface area contributed by atoms with Crippen molar-refractivity contribution in [2.75, 3.05) is 17.1 Å². The molecule has 1 unspecified atom stereocenters. The van der Waals surface area contributed by atoms with Gasteiger partial charge in [-0.1, -0.05) is 89.4 Å². The van der Waals surface area contributed by atoms with Crippen LogP contribution < -0.4 is 9.62 Å². The standard InChI is InChI=1S/C29H33Cl2N3O4S/c1-20(2)32-29(36)26(17-22-11-6-5-7-12-22)33(18-23-13-8-10-21(3)16-23)27(35)19-34(39(4,37)38)25-15-9-14-24(30)28(25)31/h5-16,20,26H,17-19H2,1-4H3,(H,32,36). The van der Waals surface area contributed by atoms with E-state index in [1.54, 1.807) is 6.07 Å². The zero-order chi connectivity index (χ0) is 28.7. The quantitative estimate of drug-likeness (QED) is 0.331. The minimum absolute atomic E-state index is 0.0148. The highest BCUT2D eigenvalue weighted by Gasteiger charge is 2.33. The molecule has 0 saturated heterocycles. The third-order valence-corrected chi connectivity index (χ3v) is 7.95. The van der Waals surface area contributed by atoms with Crippen LogP contribution >= 0.6 is 23.2 Å². The maximum atomic E-state index is 14.0. The van der Waals surface area contributed by atoms with Crippen LogP contribution in [0.25, 0.3) is 0 Å². The number of sulfonamides is 1. The van der Waals surface area contributed by atoms with Gasteiger partial charge in [-0.25, -0.2) is 8.42 Å². The summed E-state index contributed by atoms with van der Waals surface area (Å²) >= 11 is 12.5. The molecule has 0 aliphatic rings. The van der Waals surface area contributed by atoms with Crippen LogP contribution in [0.5, 0.6) is 0 Å². The maximum absolute atomic E-state index is 14.0.